The van der Waals surface area contributed by atoms with E-state index >= 15 is 0 Å². The Morgan fingerprint density at radius 1 is 1.21 bits per heavy atom. The zero-order valence-electron chi connectivity index (χ0n) is 8.93. The average molecular weight is 214 g/mol. The third-order valence-electron chi connectivity index (χ3n) is 3.32. The highest BCUT2D eigenvalue weighted by atomic mass is 32.2. The van der Waals surface area contributed by atoms with Gasteiger partial charge in [0.2, 0.25) is 0 Å². The van der Waals surface area contributed by atoms with Crippen LogP contribution in [0.2, 0.25) is 0 Å². The molecule has 0 bridgehead atoms. The fourth-order valence-electron chi connectivity index (χ4n) is 2.32. The van der Waals surface area contributed by atoms with E-state index in [1.807, 2.05) is 0 Å². The van der Waals surface area contributed by atoms with Gasteiger partial charge in [0, 0.05) is 11.8 Å². The summed E-state index contributed by atoms with van der Waals surface area (Å²) in [6.07, 6.45) is 5.54. The van der Waals surface area contributed by atoms with E-state index in [1.54, 1.807) is 0 Å². The minimum atomic E-state index is 0.816. The van der Waals surface area contributed by atoms with E-state index in [-0.39, 0.29) is 0 Å². The van der Waals surface area contributed by atoms with Crippen LogP contribution in [0.3, 0.4) is 0 Å². The molecule has 82 valence electrons. The van der Waals surface area contributed by atoms with Gasteiger partial charge in [0.25, 0.3) is 0 Å². The summed E-state index contributed by atoms with van der Waals surface area (Å²) in [4.78, 5) is 0. The lowest BCUT2D eigenvalue weighted by atomic mass is 10.0. The highest BCUT2D eigenvalue weighted by Crippen LogP contribution is 2.18. The Balaban J connectivity index is 1.62. The van der Waals surface area contributed by atoms with Crippen molar-refractivity contribution in [1.29, 1.82) is 0 Å². The van der Waals surface area contributed by atoms with Crippen LogP contribution in [0.1, 0.15) is 25.7 Å². The third kappa shape index (κ3) is 3.44. The predicted molar refractivity (Wildman–Crippen MR) is 63.9 cm³/mol. The maximum absolute atomic E-state index is 3.73. The van der Waals surface area contributed by atoms with E-state index in [9.17, 15) is 0 Å². The summed E-state index contributed by atoms with van der Waals surface area (Å²) in [5, 5.41) is 7.20. The van der Waals surface area contributed by atoms with Crippen molar-refractivity contribution in [3.63, 3.8) is 0 Å². The van der Waals surface area contributed by atoms with Crippen molar-refractivity contribution < 1.29 is 0 Å². The Labute approximate surface area is 91.6 Å². The molecule has 0 aromatic rings. The van der Waals surface area contributed by atoms with Gasteiger partial charge in [-0.25, -0.2) is 0 Å². The van der Waals surface area contributed by atoms with Crippen LogP contribution in [0.5, 0.6) is 0 Å². The maximum Gasteiger partial charge on any atom is 0.0166 e. The maximum atomic E-state index is 3.73. The summed E-state index contributed by atoms with van der Waals surface area (Å²) >= 11 is 2.10. The van der Waals surface area contributed by atoms with Crippen LogP contribution in [-0.2, 0) is 0 Å². The summed E-state index contributed by atoms with van der Waals surface area (Å²) < 4.78 is 0. The molecular weight excluding hydrogens is 192 g/mol. The topological polar surface area (TPSA) is 24.1 Å². The molecule has 2 heterocycles. The molecule has 2 aliphatic rings. The molecule has 2 fully saturated rings. The molecule has 2 nitrogen and oxygen atoms in total. The first kappa shape index (κ1) is 10.8. The van der Waals surface area contributed by atoms with E-state index in [1.165, 1.54) is 56.8 Å². The molecule has 2 N–H and O–H groups in total. The van der Waals surface area contributed by atoms with Crippen LogP contribution in [0.4, 0.5) is 0 Å². The largest absolute Gasteiger partial charge is 0.317 e. The molecule has 3 heteroatoms. The molecule has 2 rings (SSSR count). The Bertz CT molecular complexity index is 149. The summed E-state index contributed by atoms with van der Waals surface area (Å²) in [6, 6.07) is 0.816. The number of thioether (sulfide) groups is 1. The third-order valence-corrected chi connectivity index (χ3v) is 4.48. The standard InChI is InChI=1S/C11H22N2S/c1-2-10(3-6-12-5-1)8-13-11-4-7-14-9-11/h10-13H,1-9H2. The second kappa shape index (κ2) is 5.99. The van der Waals surface area contributed by atoms with Crippen LogP contribution in [-0.4, -0.2) is 37.2 Å². The van der Waals surface area contributed by atoms with E-state index in [4.69, 9.17) is 0 Å². The Kier molecular flexibility index (Phi) is 4.61. The van der Waals surface area contributed by atoms with Gasteiger partial charge in [-0.3, -0.25) is 0 Å². The van der Waals surface area contributed by atoms with E-state index in [0.29, 0.717) is 0 Å². The summed E-state index contributed by atoms with van der Waals surface area (Å²) in [5.74, 6) is 3.63. The summed E-state index contributed by atoms with van der Waals surface area (Å²) in [5.41, 5.74) is 0. The van der Waals surface area contributed by atoms with Gasteiger partial charge in [0.05, 0.1) is 0 Å². The van der Waals surface area contributed by atoms with Crippen molar-refractivity contribution in [2.75, 3.05) is 31.1 Å². The van der Waals surface area contributed by atoms with E-state index in [0.717, 1.165) is 12.0 Å². The van der Waals surface area contributed by atoms with Gasteiger partial charge >= 0.3 is 0 Å². The molecule has 0 radical (unpaired) electrons. The van der Waals surface area contributed by atoms with Gasteiger partial charge in [0.1, 0.15) is 0 Å². The highest BCUT2D eigenvalue weighted by Gasteiger charge is 2.17. The van der Waals surface area contributed by atoms with Crippen LogP contribution in [0.15, 0.2) is 0 Å². The van der Waals surface area contributed by atoms with Gasteiger partial charge in [0.15, 0.2) is 0 Å². The smallest absolute Gasteiger partial charge is 0.0166 e. The van der Waals surface area contributed by atoms with Gasteiger partial charge in [-0.15, -0.1) is 0 Å². The predicted octanol–water partition coefficient (Wildman–Crippen LogP) is 1.47. The minimum absolute atomic E-state index is 0.816. The second-order valence-electron chi connectivity index (χ2n) is 4.52. The molecular formula is C11H22N2S. The fraction of sp³-hybridized carbons (Fsp3) is 1.00. The molecule has 2 aliphatic heterocycles. The van der Waals surface area contributed by atoms with Crippen LogP contribution < -0.4 is 10.6 Å². The molecule has 0 amide bonds. The first-order chi connectivity index (χ1) is 6.95. The molecule has 2 saturated heterocycles. The van der Waals surface area contributed by atoms with Gasteiger partial charge < -0.3 is 10.6 Å². The molecule has 0 aromatic heterocycles. The zero-order valence-corrected chi connectivity index (χ0v) is 9.74. The monoisotopic (exact) mass is 214 g/mol. The van der Waals surface area contributed by atoms with E-state index < -0.39 is 0 Å². The van der Waals surface area contributed by atoms with Gasteiger partial charge in [-0.2, -0.15) is 11.8 Å². The Morgan fingerprint density at radius 3 is 3.07 bits per heavy atom. The average Bonchev–Trinajstić information content (AvgIpc) is 2.58. The number of hydrogen-bond donors (Lipinski definition) is 2. The SMILES string of the molecule is C1CNCCC(CNC2CCSC2)C1. The van der Waals surface area contributed by atoms with Crippen molar-refractivity contribution in [3.05, 3.63) is 0 Å². The lowest BCUT2D eigenvalue weighted by Gasteiger charge is -2.17. The van der Waals surface area contributed by atoms with Gasteiger partial charge in [-0.05, 0) is 57.0 Å². The minimum Gasteiger partial charge on any atom is -0.317 e. The van der Waals surface area contributed by atoms with Crippen LogP contribution >= 0.6 is 11.8 Å². The molecule has 2 unspecified atom stereocenters. The van der Waals surface area contributed by atoms with E-state index in [2.05, 4.69) is 22.4 Å². The summed E-state index contributed by atoms with van der Waals surface area (Å²) in [7, 11) is 0. The van der Waals surface area contributed by atoms with Crippen LogP contribution in [0.25, 0.3) is 0 Å². The quantitative estimate of drug-likeness (QED) is 0.744. The normalized spacial score (nSPS) is 34.3. The van der Waals surface area contributed by atoms with Crippen molar-refractivity contribution >= 4 is 11.8 Å². The second-order valence-corrected chi connectivity index (χ2v) is 5.67. The zero-order chi connectivity index (χ0) is 9.64. The number of nitrogens with one attached hydrogen (secondary N) is 2. The van der Waals surface area contributed by atoms with Crippen molar-refractivity contribution in [1.82, 2.24) is 10.6 Å². The lowest BCUT2D eigenvalue weighted by Crippen LogP contribution is -2.33. The highest BCUT2D eigenvalue weighted by molar-refractivity contribution is 7.99. The number of hydrogen-bond acceptors (Lipinski definition) is 3. The Morgan fingerprint density at radius 2 is 2.21 bits per heavy atom. The molecule has 0 saturated carbocycles. The molecule has 14 heavy (non-hydrogen) atoms. The molecule has 2 atom stereocenters. The van der Waals surface area contributed by atoms with Crippen molar-refractivity contribution in [2.45, 2.75) is 31.7 Å². The Hall–Kier alpha value is 0.270. The number of rotatable bonds is 3. The van der Waals surface area contributed by atoms with Crippen LogP contribution in [0, 0.1) is 5.92 Å². The first-order valence-electron chi connectivity index (χ1n) is 5.97. The van der Waals surface area contributed by atoms with Crippen molar-refractivity contribution in [2.24, 2.45) is 5.92 Å². The molecule has 0 aliphatic carbocycles. The fourth-order valence-corrected chi connectivity index (χ4v) is 3.51. The lowest BCUT2D eigenvalue weighted by molar-refractivity contribution is 0.408. The molecule has 0 aromatic carbocycles. The van der Waals surface area contributed by atoms with Crippen molar-refractivity contribution in [3.8, 4) is 0 Å². The summed E-state index contributed by atoms with van der Waals surface area (Å²) in [6.45, 7) is 3.72. The first-order valence-corrected chi connectivity index (χ1v) is 7.12. The van der Waals surface area contributed by atoms with Gasteiger partial charge in [-0.1, -0.05) is 0 Å². The molecule has 0 spiro atoms.